The highest BCUT2D eigenvalue weighted by atomic mass is 16.5. The third kappa shape index (κ3) is 2.05. The van der Waals surface area contributed by atoms with Crippen LogP contribution in [0.3, 0.4) is 0 Å². The van der Waals surface area contributed by atoms with Gasteiger partial charge in [-0.3, -0.25) is 0 Å². The second-order valence-electron chi connectivity index (χ2n) is 4.93. The van der Waals surface area contributed by atoms with Crippen LogP contribution in [0.1, 0.15) is 0 Å². The van der Waals surface area contributed by atoms with Crippen molar-refractivity contribution in [3.8, 4) is 17.2 Å². The summed E-state index contributed by atoms with van der Waals surface area (Å²) in [6.45, 7) is 0.299. The fourth-order valence-electron chi connectivity index (χ4n) is 2.89. The average Bonchev–Trinajstić information content (AvgIpc) is 2.58. The number of nitrogens with two attached hydrogens (primary N) is 1. The fourth-order valence-corrected chi connectivity index (χ4v) is 2.89. The molecular weight excluding hydrogens is 282 g/mol. The van der Waals surface area contributed by atoms with E-state index in [9.17, 15) is 0 Å². The maximum absolute atomic E-state index is 6.00. The quantitative estimate of drug-likeness (QED) is 0.875. The first kappa shape index (κ1) is 14.5. The van der Waals surface area contributed by atoms with Crippen molar-refractivity contribution in [2.45, 2.75) is 6.10 Å². The Balaban J connectivity index is 2.51. The van der Waals surface area contributed by atoms with Crippen molar-refractivity contribution in [1.82, 2.24) is 0 Å². The van der Waals surface area contributed by atoms with Crippen LogP contribution in [-0.2, 0) is 4.74 Å². The van der Waals surface area contributed by atoms with Crippen LogP contribution in [0.15, 0.2) is 30.4 Å². The molecule has 0 fully saturated rings. The van der Waals surface area contributed by atoms with Crippen molar-refractivity contribution >= 4 is 11.3 Å². The Labute approximate surface area is 128 Å². The molecule has 0 aromatic heterocycles. The second-order valence-corrected chi connectivity index (χ2v) is 4.93. The molecule has 0 amide bonds. The molecule has 0 radical (unpaired) electrons. The standard InChI is InChI=1S/C17H19NO4/c1-19-13-8-11-14(9-18)22-12-7-5-4-6-10(12)15(11)17(21-3)16(13)20-2/h4-8,12H,9,18H2,1-3H3. The Morgan fingerprint density at radius 3 is 2.50 bits per heavy atom. The summed E-state index contributed by atoms with van der Waals surface area (Å²) < 4.78 is 22.5. The van der Waals surface area contributed by atoms with Gasteiger partial charge in [0, 0.05) is 16.0 Å². The van der Waals surface area contributed by atoms with E-state index in [2.05, 4.69) is 0 Å². The van der Waals surface area contributed by atoms with E-state index in [1.54, 1.807) is 21.3 Å². The molecule has 5 heteroatoms. The molecule has 1 heterocycles. The highest BCUT2D eigenvalue weighted by Gasteiger charge is 2.26. The van der Waals surface area contributed by atoms with E-state index in [-0.39, 0.29) is 6.10 Å². The first-order chi connectivity index (χ1) is 10.7. The van der Waals surface area contributed by atoms with Crippen LogP contribution in [0.25, 0.3) is 11.3 Å². The first-order valence-electron chi connectivity index (χ1n) is 7.03. The van der Waals surface area contributed by atoms with Crippen LogP contribution in [0.2, 0.25) is 0 Å². The van der Waals surface area contributed by atoms with Crippen LogP contribution in [0, 0.1) is 0 Å². The number of hydrogen-bond acceptors (Lipinski definition) is 5. The lowest BCUT2D eigenvalue weighted by Gasteiger charge is -2.26. The molecule has 1 aliphatic carbocycles. The molecule has 1 aromatic rings. The lowest BCUT2D eigenvalue weighted by Crippen LogP contribution is -2.41. The fraction of sp³-hybridized carbons (Fsp3) is 0.294. The van der Waals surface area contributed by atoms with Crippen LogP contribution >= 0.6 is 0 Å². The van der Waals surface area contributed by atoms with E-state index in [1.807, 2.05) is 30.4 Å². The second kappa shape index (κ2) is 5.77. The zero-order valence-electron chi connectivity index (χ0n) is 12.9. The molecule has 2 N–H and O–H groups in total. The van der Waals surface area contributed by atoms with E-state index in [0.717, 1.165) is 16.0 Å². The third-order valence-electron chi connectivity index (χ3n) is 3.85. The normalized spacial score (nSPS) is 18.5. The summed E-state index contributed by atoms with van der Waals surface area (Å²) >= 11 is 0. The van der Waals surface area contributed by atoms with Gasteiger partial charge in [-0.05, 0) is 12.1 Å². The van der Waals surface area contributed by atoms with Crippen molar-refractivity contribution < 1.29 is 18.9 Å². The summed E-state index contributed by atoms with van der Waals surface area (Å²) in [5, 5.41) is 1.82. The Hall–Kier alpha value is -2.40. The van der Waals surface area contributed by atoms with Crippen molar-refractivity contribution in [2.75, 3.05) is 27.9 Å². The zero-order chi connectivity index (χ0) is 15.7. The predicted molar refractivity (Wildman–Crippen MR) is 84.4 cm³/mol. The van der Waals surface area contributed by atoms with E-state index >= 15 is 0 Å². The van der Waals surface area contributed by atoms with Gasteiger partial charge in [0.1, 0.15) is 11.9 Å². The largest absolute Gasteiger partial charge is 0.493 e. The van der Waals surface area contributed by atoms with Crippen LogP contribution < -0.4 is 30.4 Å². The monoisotopic (exact) mass is 301 g/mol. The Kier molecular flexibility index (Phi) is 3.81. The van der Waals surface area contributed by atoms with Gasteiger partial charge >= 0.3 is 0 Å². The summed E-state index contributed by atoms with van der Waals surface area (Å²) in [6.07, 6.45) is 7.78. The first-order valence-corrected chi connectivity index (χ1v) is 7.03. The minimum atomic E-state index is -0.164. The van der Waals surface area contributed by atoms with E-state index in [1.165, 1.54) is 0 Å². The Morgan fingerprint density at radius 2 is 1.86 bits per heavy atom. The van der Waals surface area contributed by atoms with E-state index in [4.69, 9.17) is 24.7 Å². The SMILES string of the molecule is COc1cc2c(c(OC)c1OC)=C1C=CC=CC1OC=2CN. The lowest BCUT2D eigenvalue weighted by atomic mass is 9.96. The number of rotatable bonds is 4. The predicted octanol–water partition coefficient (Wildman–Crippen LogP) is 0.455. The van der Waals surface area contributed by atoms with Crippen LogP contribution in [0.4, 0.5) is 0 Å². The summed E-state index contributed by atoms with van der Waals surface area (Å²) in [5.41, 5.74) is 6.89. The molecule has 2 aliphatic rings. The van der Waals surface area contributed by atoms with Gasteiger partial charge in [-0.2, -0.15) is 0 Å². The molecule has 0 spiro atoms. The number of hydrogen-bond donors (Lipinski definition) is 1. The van der Waals surface area contributed by atoms with Crippen molar-refractivity contribution in [1.29, 1.82) is 0 Å². The minimum Gasteiger partial charge on any atom is -0.493 e. The van der Waals surface area contributed by atoms with Crippen molar-refractivity contribution in [3.63, 3.8) is 0 Å². The van der Waals surface area contributed by atoms with Gasteiger partial charge in [0.15, 0.2) is 11.5 Å². The smallest absolute Gasteiger partial charge is 0.203 e. The van der Waals surface area contributed by atoms with Gasteiger partial charge in [-0.25, -0.2) is 0 Å². The van der Waals surface area contributed by atoms with Crippen molar-refractivity contribution in [3.05, 3.63) is 40.8 Å². The Bertz CT molecular complexity index is 777. The summed E-state index contributed by atoms with van der Waals surface area (Å²) in [4.78, 5) is 0. The maximum atomic E-state index is 6.00. The van der Waals surface area contributed by atoms with Gasteiger partial charge in [0.25, 0.3) is 0 Å². The summed E-state index contributed by atoms with van der Waals surface area (Å²) in [6, 6.07) is 1.88. The third-order valence-corrected chi connectivity index (χ3v) is 3.85. The summed E-state index contributed by atoms with van der Waals surface area (Å²) in [7, 11) is 4.81. The van der Waals surface area contributed by atoms with E-state index in [0.29, 0.717) is 29.6 Å². The molecule has 1 unspecified atom stereocenters. The molecule has 1 aromatic carbocycles. The lowest BCUT2D eigenvalue weighted by molar-refractivity contribution is 0.246. The molecule has 3 rings (SSSR count). The van der Waals surface area contributed by atoms with Gasteiger partial charge in [-0.1, -0.05) is 18.2 Å². The highest BCUT2D eigenvalue weighted by Crippen LogP contribution is 2.34. The van der Waals surface area contributed by atoms with Crippen LogP contribution in [0.5, 0.6) is 17.2 Å². The molecule has 22 heavy (non-hydrogen) atoms. The highest BCUT2D eigenvalue weighted by molar-refractivity contribution is 5.73. The van der Waals surface area contributed by atoms with Gasteiger partial charge in [-0.15, -0.1) is 0 Å². The number of benzene rings is 1. The van der Waals surface area contributed by atoms with E-state index < -0.39 is 0 Å². The number of fused-ring (bicyclic) bond motifs is 2. The average molecular weight is 301 g/mol. The molecule has 116 valence electrons. The topological polar surface area (TPSA) is 62.9 Å². The molecule has 1 aliphatic heterocycles. The number of allylic oxidation sites excluding steroid dienone is 2. The Morgan fingerprint density at radius 1 is 1.09 bits per heavy atom. The molecule has 0 saturated heterocycles. The molecule has 1 atom stereocenters. The van der Waals surface area contributed by atoms with Crippen LogP contribution in [-0.4, -0.2) is 34.0 Å². The molecular formula is C17H19NO4. The molecule has 0 saturated carbocycles. The number of methoxy groups -OCH3 is 3. The minimum absolute atomic E-state index is 0.164. The maximum Gasteiger partial charge on any atom is 0.203 e. The van der Waals surface area contributed by atoms with Gasteiger partial charge < -0.3 is 24.7 Å². The van der Waals surface area contributed by atoms with Crippen molar-refractivity contribution in [2.24, 2.45) is 5.73 Å². The van der Waals surface area contributed by atoms with Gasteiger partial charge in [0.05, 0.1) is 27.9 Å². The van der Waals surface area contributed by atoms with Gasteiger partial charge in [0.2, 0.25) is 5.75 Å². The molecule has 0 bridgehead atoms. The summed E-state index contributed by atoms with van der Waals surface area (Å²) in [5.74, 6) is 2.49. The molecule has 5 nitrogen and oxygen atoms in total. The zero-order valence-corrected chi connectivity index (χ0v) is 12.9. The number of ether oxygens (including phenoxy) is 4.